The highest BCUT2D eigenvalue weighted by Gasteiger charge is 2.52. The third-order valence-corrected chi connectivity index (χ3v) is 4.05. The number of thiophene rings is 1. The topological polar surface area (TPSA) is 18.5 Å². The molecule has 0 aromatic carbocycles. The van der Waals surface area contributed by atoms with Crippen molar-refractivity contribution in [2.75, 3.05) is 0 Å². The molecule has 1 fully saturated rings. The van der Waals surface area contributed by atoms with Crippen LogP contribution in [0.2, 0.25) is 0 Å². The van der Waals surface area contributed by atoms with Gasteiger partial charge in [-0.05, 0) is 50.6 Å². The average Bonchev–Trinajstić information content (AvgIpc) is 2.80. The van der Waals surface area contributed by atoms with Gasteiger partial charge >= 0.3 is 7.12 Å². The Morgan fingerprint density at radius 2 is 1.94 bits per heavy atom. The summed E-state index contributed by atoms with van der Waals surface area (Å²) in [6, 6.07) is -0.499. The summed E-state index contributed by atoms with van der Waals surface area (Å²) < 4.78 is 81.9. The van der Waals surface area contributed by atoms with Crippen molar-refractivity contribution in [3.8, 4) is 0 Å². The number of hydrogen-bond acceptors (Lipinski definition) is 3. The molecular weight excluding hydrogens is 231 g/mol. The van der Waals surface area contributed by atoms with Crippen LogP contribution in [-0.2, 0) is 9.31 Å². The quantitative estimate of drug-likeness (QED) is 0.761. The van der Waals surface area contributed by atoms with Gasteiger partial charge in [0.25, 0.3) is 0 Å². The van der Waals surface area contributed by atoms with Crippen LogP contribution in [-0.4, -0.2) is 18.3 Å². The second-order valence-electron chi connectivity index (χ2n) is 5.03. The second kappa shape index (κ2) is 4.11. The Labute approximate surface area is 121 Å². The Balaban J connectivity index is 2.63. The molecule has 0 aliphatic carbocycles. The smallest absolute Gasteiger partial charge is 0.399 e. The summed E-state index contributed by atoms with van der Waals surface area (Å²) in [7, 11) is -1.03. The van der Waals surface area contributed by atoms with Gasteiger partial charge in [-0.1, -0.05) is 13.7 Å². The van der Waals surface area contributed by atoms with Crippen molar-refractivity contribution in [2.45, 2.75) is 58.5 Å². The minimum absolute atomic E-state index is 0.0915. The van der Waals surface area contributed by atoms with Crippen LogP contribution < -0.4 is 4.78 Å². The molecule has 2 nitrogen and oxygen atoms in total. The largest absolute Gasteiger partial charge is 0.505 e. The van der Waals surface area contributed by atoms with Crippen LogP contribution in [0.4, 0.5) is 0 Å². The molecule has 4 heteroatoms. The van der Waals surface area contributed by atoms with E-state index in [0.717, 1.165) is 0 Å². The van der Waals surface area contributed by atoms with Crippen LogP contribution in [0.15, 0.2) is 11.4 Å². The van der Waals surface area contributed by atoms with Crippen LogP contribution in [0.5, 0.6) is 0 Å². The minimum atomic E-state index is -3.25. The maximum absolute atomic E-state index is 8.32. The van der Waals surface area contributed by atoms with Crippen LogP contribution >= 0.6 is 11.3 Å². The Hall–Kier alpha value is -0.315. The third kappa shape index (κ3) is 2.31. The molecule has 0 N–H and O–H groups in total. The summed E-state index contributed by atoms with van der Waals surface area (Å²) in [5, 5.41) is -0.457. The van der Waals surface area contributed by atoms with Gasteiger partial charge in [0.15, 0.2) is 0 Å². The van der Waals surface area contributed by atoms with E-state index < -0.39 is 54.9 Å². The van der Waals surface area contributed by atoms with E-state index in [2.05, 4.69) is 0 Å². The van der Waals surface area contributed by atoms with Gasteiger partial charge in [0.1, 0.15) is 0 Å². The lowest BCUT2D eigenvalue weighted by molar-refractivity contribution is 0.00578. The van der Waals surface area contributed by atoms with E-state index in [1.165, 1.54) is 0 Å². The van der Waals surface area contributed by atoms with Crippen molar-refractivity contribution in [2.24, 2.45) is 0 Å². The van der Waals surface area contributed by atoms with E-state index in [0.29, 0.717) is 11.3 Å². The predicted octanol–water partition coefficient (Wildman–Crippen LogP) is 3.17. The molecule has 0 spiro atoms. The fourth-order valence-electron chi connectivity index (χ4n) is 1.45. The van der Waals surface area contributed by atoms with E-state index in [-0.39, 0.29) is 4.78 Å². The summed E-state index contributed by atoms with van der Waals surface area (Å²) >= 11 is 0.708. The van der Waals surface area contributed by atoms with Crippen molar-refractivity contribution < 1.29 is 21.6 Å². The number of hydrogen-bond donors (Lipinski definition) is 0. The average molecular weight is 261 g/mol. The van der Waals surface area contributed by atoms with E-state index in [1.54, 1.807) is 27.7 Å². The zero-order valence-electron chi connectivity index (χ0n) is 19.3. The first-order valence-electron chi connectivity index (χ1n) is 9.83. The molecule has 1 saturated heterocycles. The molecule has 2 heterocycles. The Kier molecular flexibility index (Phi) is 1.39. The van der Waals surface area contributed by atoms with Gasteiger partial charge in [-0.3, -0.25) is 0 Å². The minimum Gasteiger partial charge on any atom is -0.399 e. The summed E-state index contributed by atoms with van der Waals surface area (Å²) in [5.41, 5.74) is -2.09. The monoisotopic (exact) mass is 261 g/mol. The summed E-state index contributed by atoms with van der Waals surface area (Å²) in [6.45, 7) is 0.688. The standard InChI is InChI=1S/C13H21BO2S/c1-9(2)10-7-11(17-8-10)14-15-12(3,4)13(5,6)16-14/h7-9H,1-6H3/i1D3,2D3,7D,8D,9D. The van der Waals surface area contributed by atoms with Crippen molar-refractivity contribution >= 4 is 23.2 Å². The van der Waals surface area contributed by atoms with Crippen LogP contribution in [0, 0.1) is 0 Å². The zero-order valence-corrected chi connectivity index (χ0v) is 11.1. The number of rotatable bonds is 2. The molecule has 1 aromatic rings. The molecule has 2 rings (SSSR count). The fraction of sp³-hybridized carbons (Fsp3) is 0.692. The van der Waals surface area contributed by atoms with Gasteiger partial charge in [-0.15, -0.1) is 0 Å². The molecule has 17 heavy (non-hydrogen) atoms. The molecule has 0 radical (unpaired) electrons. The normalized spacial score (nSPS) is 32.2. The molecule has 1 aliphatic heterocycles. The summed E-state index contributed by atoms with van der Waals surface area (Å²) in [6.07, 6.45) is 0. The Bertz CT molecular complexity index is 678. The van der Waals surface area contributed by atoms with Gasteiger partial charge in [-0.2, -0.15) is 11.3 Å². The van der Waals surface area contributed by atoms with E-state index in [4.69, 9.17) is 21.6 Å². The SMILES string of the molecule is [2H]c1sc(B2OC(C)(C)C(C)(C)O2)c([2H])c1C([2H])(C([2H])([2H])[2H])C([2H])([2H])[2H]. The molecular formula is C13H21BO2S. The lowest BCUT2D eigenvalue weighted by Crippen LogP contribution is -2.41. The van der Waals surface area contributed by atoms with Crippen LogP contribution in [0.25, 0.3) is 0 Å². The molecule has 0 amide bonds. The molecule has 0 atom stereocenters. The highest BCUT2D eigenvalue weighted by atomic mass is 32.1. The van der Waals surface area contributed by atoms with Crippen LogP contribution in [0.3, 0.4) is 0 Å². The predicted molar refractivity (Wildman–Crippen MR) is 74.1 cm³/mol. The maximum Gasteiger partial charge on any atom is 0.505 e. The van der Waals surface area contributed by atoms with Gasteiger partial charge < -0.3 is 9.31 Å². The van der Waals surface area contributed by atoms with Gasteiger partial charge in [-0.25, -0.2) is 0 Å². The highest BCUT2D eigenvalue weighted by Crippen LogP contribution is 2.37. The Morgan fingerprint density at radius 3 is 2.47 bits per heavy atom. The van der Waals surface area contributed by atoms with Crippen molar-refractivity contribution in [3.63, 3.8) is 0 Å². The fourth-order valence-corrected chi connectivity index (χ4v) is 2.16. The first-order valence-corrected chi connectivity index (χ1v) is 6.14. The summed E-state index contributed by atoms with van der Waals surface area (Å²) in [5.74, 6) is -3.09. The summed E-state index contributed by atoms with van der Waals surface area (Å²) in [4.78, 5) is 0. The molecule has 0 unspecified atom stereocenters. The zero-order chi connectivity index (χ0) is 20.5. The third-order valence-electron chi connectivity index (χ3n) is 3.23. The van der Waals surface area contributed by atoms with E-state index >= 15 is 0 Å². The maximum atomic E-state index is 8.32. The second-order valence-corrected chi connectivity index (χ2v) is 5.88. The molecule has 1 aliphatic rings. The highest BCUT2D eigenvalue weighted by molar-refractivity contribution is 7.20. The molecule has 0 bridgehead atoms. The molecule has 1 aromatic heterocycles. The van der Waals surface area contributed by atoms with E-state index in [9.17, 15) is 0 Å². The van der Waals surface area contributed by atoms with Gasteiger partial charge in [0.05, 0.1) is 13.9 Å². The first-order chi connectivity index (χ1) is 11.4. The first kappa shape index (κ1) is 5.76. The van der Waals surface area contributed by atoms with Gasteiger partial charge in [0.2, 0.25) is 0 Å². The Morgan fingerprint density at radius 1 is 1.35 bits per heavy atom. The van der Waals surface area contributed by atoms with E-state index in [1.807, 2.05) is 0 Å². The van der Waals surface area contributed by atoms with Crippen molar-refractivity contribution in [3.05, 3.63) is 17.0 Å². The molecule has 94 valence electrons. The lowest BCUT2D eigenvalue weighted by Gasteiger charge is -2.32. The molecule has 0 saturated carbocycles. The van der Waals surface area contributed by atoms with Crippen molar-refractivity contribution in [1.82, 2.24) is 0 Å². The van der Waals surface area contributed by atoms with Crippen molar-refractivity contribution in [1.29, 1.82) is 0 Å². The lowest BCUT2D eigenvalue weighted by atomic mass is 9.86. The van der Waals surface area contributed by atoms with Crippen LogP contribution in [0.1, 0.15) is 65.2 Å². The van der Waals surface area contributed by atoms with Gasteiger partial charge in [0, 0.05) is 14.4 Å².